The summed E-state index contributed by atoms with van der Waals surface area (Å²) >= 11 is 0. The average Bonchev–Trinajstić information content (AvgIpc) is 3.17. The van der Waals surface area contributed by atoms with E-state index in [1.807, 2.05) is 0 Å². The zero-order chi connectivity index (χ0) is 39.7. The van der Waals surface area contributed by atoms with Crippen molar-refractivity contribution < 1.29 is 64.6 Å². The van der Waals surface area contributed by atoms with Crippen LogP contribution in [0.5, 0.6) is 0 Å². The van der Waals surface area contributed by atoms with Crippen LogP contribution in [0.2, 0.25) is 0 Å². The number of amides is 1. The Labute approximate surface area is 323 Å². The third-order valence-electron chi connectivity index (χ3n) is 10.5. The lowest BCUT2D eigenvalue weighted by Crippen LogP contribution is -2.65. The number of aliphatic hydroxyl groups excluding tert-OH is 8. The summed E-state index contributed by atoms with van der Waals surface area (Å²) in [6, 6.07) is -0.824. The minimum atomic E-state index is -1.78. The number of hydrogen-bond acceptors (Lipinski definition) is 13. The zero-order valence-electron chi connectivity index (χ0n) is 33.0. The predicted octanol–water partition coefficient (Wildman–Crippen LogP) is 2.87. The Morgan fingerprint density at radius 3 is 1.81 bits per heavy atom. The van der Waals surface area contributed by atoms with E-state index in [1.165, 1.54) is 44.9 Å². The summed E-state index contributed by atoms with van der Waals surface area (Å²) in [6.45, 7) is 2.73. The number of ether oxygens (including phenoxy) is 4. The molecule has 0 aliphatic carbocycles. The van der Waals surface area contributed by atoms with Gasteiger partial charge in [0, 0.05) is 6.42 Å². The molecule has 9 N–H and O–H groups in total. The Hall–Kier alpha value is -1.27. The molecule has 2 saturated heterocycles. The first-order valence-electron chi connectivity index (χ1n) is 20.9. The molecule has 1 amide bonds. The highest BCUT2D eigenvalue weighted by Crippen LogP contribution is 2.30. The Balaban J connectivity index is 1.93. The van der Waals surface area contributed by atoms with Crippen molar-refractivity contribution in [3.05, 3.63) is 12.2 Å². The lowest BCUT2D eigenvalue weighted by atomic mass is 9.97. The van der Waals surface area contributed by atoms with Gasteiger partial charge in [0.15, 0.2) is 12.6 Å². The van der Waals surface area contributed by atoms with Crippen LogP contribution in [0, 0.1) is 0 Å². The Morgan fingerprint density at radius 1 is 0.648 bits per heavy atom. The summed E-state index contributed by atoms with van der Waals surface area (Å²) in [6.07, 6.45) is 8.16. The molecule has 2 aliphatic rings. The van der Waals surface area contributed by atoms with Gasteiger partial charge in [0.1, 0.15) is 48.8 Å². The fourth-order valence-electron chi connectivity index (χ4n) is 6.92. The van der Waals surface area contributed by atoms with E-state index in [4.69, 9.17) is 18.9 Å². The van der Waals surface area contributed by atoms with Gasteiger partial charge in [-0.05, 0) is 32.1 Å². The van der Waals surface area contributed by atoms with Crippen molar-refractivity contribution in [3.8, 4) is 0 Å². The Bertz CT molecular complexity index is 972. The number of carbonyl (C=O) groups is 1. The van der Waals surface area contributed by atoms with Gasteiger partial charge in [0.05, 0.1) is 32.0 Å². The summed E-state index contributed by atoms with van der Waals surface area (Å²) in [5.74, 6) is -0.222. The van der Waals surface area contributed by atoms with Gasteiger partial charge in [-0.2, -0.15) is 0 Å². The second-order valence-electron chi connectivity index (χ2n) is 15.1. The highest BCUT2D eigenvalue weighted by atomic mass is 16.7. The molecule has 0 aromatic carbocycles. The van der Waals surface area contributed by atoms with Crippen LogP contribution in [0.4, 0.5) is 0 Å². The van der Waals surface area contributed by atoms with Crippen LogP contribution in [0.15, 0.2) is 12.2 Å². The van der Waals surface area contributed by atoms with Crippen molar-refractivity contribution in [2.24, 2.45) is 0 Å². The molecule has 54 heavy (non-hydrogen) atoms. The maximum atomic E-state index is 13.0. The van der Waals surface area contributed by atoms with Gasteiger partial charge in [-0.25, -0.2) is 0 Å². The van der Waals surface area contributed by atoms with E-state index in [0.29, 0.717) is 19.3 Å². The third kappa shape index (κ3) is 17.9. The first-order chi connectivity index (χ1) is 26.1. The van der Waals surface area contributed by atoms with E-state index in [0.717, 1.165) is 64.2 Å². The molecule has 0 aromatic heterocycles. The first-order valence-corrected chi connectivity index (χ1v) is 20.9. The highest BCUT2D eigenvalue weighted by Gasteiger charge is 2.50. The summed E-state index contributed by atoms with van der Waals surface area (Å²) in [4.78, 5) is 13.0. The number of hydrogen-bond donors (Lipinski definition) is 9. The van der Waals surface area contributed by atoms with Crippen molar-refractivity contribution >= 4 is 5.91 Å². The molecular formula is C40H75NO13. The lowest BCUT2D eigenvalue weighted by molar-refractivity contribution is -0.359. The summed E-state index contributed by atoms with van der Waals surface area (Å²) in [5, 5.41) is 86.2. The summed E-state index contributed by atoms with van der Waals surface area (Å²) < 4.78 is 22.6. The van der Waals surface area contributed by atoms with Crippen molar-refractivity contribution in [2.45, 2.75) is 216 Å². The Morgan fingerprint density at radius 2 is 1.19 bits per heavy atom. The zero-order valence-corrected chi connectivity index (χ0v) is 33.0. The maximum absolute atomic E-state index is 13.0. The Kier molecular flexibility index (Phi) is 26.3. The molecule has 0 spiro atoms. The average molecular weight is 778 g/mol. The molecule has 2 heterocycles. The van der Waals surface area contributed by atoms with Crippen LogP contribution in [-0.4, -0.2) is 140 Å². The van der Waals surface area contributed by atoms with Crippen molar-refractivity contribution in [1.82, 2.24) is 5.32 Å². The van der Waals surface area contributed by atoms with Gasteiger partial charge in [0.2, 0.25) is 5.91 Å². The fourth-order valence-corrected chi connectivity index (χ4v) is 6.92. The monoisotopic (exact) mass is 778 g/mol. The van der Waals surface area contributed by atoms with Crippen LogP contribution in [0.25, 0.3) is 0 Å². The molecule has 2 fully saturated rings. The largest absolute Gasteiger partial charge is 0.394 e. The number of carbonyl (C=O) groups excluding carboxylic acids is 1. The van der Waals surface area contributed by atoms with Gasteiger partial charge < -0.3 is 65.1 Å². The normalized spacial score (nSPS) is 30.1. The minimum Gasteiger partial charge on any atom is -0.394 e. The van der Waals surface area contributed by atoms with Crippen molar-refractivity contribution in [3.63, 3.8) is 0 Å². The molecule has 12 unspecified atom stereocenters. The van der Waals surface area contributed by atoms with E-state index in [-0.39, 0.29) is 12.5 Å². The van der Waals surface area contributed by atoms with E-state index >= 15 is 0 Å². The number of allylic oxidation sites excluding steroid dienone is 2. The quantitative estimate of drug-likeness (QED) is 0.0378. The van der Waals surface area contributed by atoms with Crippen LogP contribution < -0.4 is 5.32 Å². The number of unbranched alkanes of at least 4 members (excludes halogenated alkanes) is 15. The smallest absolute Gasteiger partial charge is 0.220 e. The van der Waals surface area contributed by atoms with Crippen LogP contribution >= 0.6 is 0 Å². The summed E-state index contributed by atoms with van der Waals surface area (Å²) in [7, 11) is 0. The van der Waals surface area contributed by atoms with Gasteiger partial charge in [-0.15, -0.1) is 0 Å². The predicted molar refractivity (Wildman–Crippen MR) is 203 cm³/mol. The van der Waals surface area contributed by atoms with Gasteiger partial charge in [-0.3, -0.25) is 4.79 Å². The molecule has 2 rings (SSSR count). The highest BCUT2D eigenvalue weighted by molar-refractivity contribution is 5.76. The molecule has 12 atom stereocenters. The SMILES string of the molecule is CCCC/C=C\CCCCCCCC(=O)NC(COC1OC(CO)C(OC2OC(CO)C(O)C(O)C2O)C(O)C1O)C(O)CCCCCCCCCCC. The number of rotatable bonds is 30. The van der Waals surface area contributed by atoms with E-state index in [1.54, 1.807) is 0 Å². The van der Waals surface area contributed by atoms with Crippen molar-refractivity contribution in [2.75, 3.05) is 19.8 Å². The van der Waals surface area contributed by atoms with E-state index in [2.05, 4.69) is 31.3 Å². The van der Waals surface area contributed by atoms with Gasteiger partial charge in [-0.1, -0.05) is 116 Å². The number of aliphatic hydroxyl groups is 8. The second kappa shape index (κ2) is 29.0. The molecule has 0 saturated carbocycles. The molecular weight excluding hydrogens is 702 g/mol. The van der Waals surface area contributed by atoms with E-state index in [9.17, 15) is 45.6 Å². The van der Waals surface area contributed by atoms with Gasteiger partial charge >= 0.3 is 0 Å². The van der Waals surface area contributed by atoms with Crippen LogP contribution in [-0.2, 0) is 23.7 Å². The molecule has 0 bridgehead atoms. The lowest BCUT2D eigenvalue weighted by Gasteiger charge is -2.46. The topological polar surface area (TPSA) is 228 Å². The van der Waals surface area contributed by atoms with Crippen LogP contribution in [0.3, 0.4) is 0 Å². The molecule has 2 aliphatic heterocycles. The fraction of sp³-hybridized carbons (Fsp3) is 0.925. The van der Waals surface area contributed by atoms with Crippen LogP contribution in [0.1, 0.15) is 142 Å². The minimum absolute atomic E-state index is 0.222. The first kappa shape index (κ1) is 48.9. The molecule has 0 radical (unpaired) electrons. The standard InChI is InChI=1S/C40H75NO13/c1-3-5-7-9-11-13-14-16-18-20-22-24-32(45)41-28(29(44)23-21-19-17-15-12-10-8-6-4-2)27-51-39-37(50)35(48)38(31(26-43)53-39)54-40-36(49)34(47)33(46)30(25-42)52-40/h9,11,28-31,33-40,42-44,46-50H,3-8,10,12-27H2,1-2H3,(H,41,45)/b11-9-. The molecule has 14 heteroatoms. The van der Waals surface area contributed by atoms with Crippen molar-refractivity contribution in [1.29, 1.82) is 0 Å². The molecule has 318 valence electrons. The maximum Gasteiger partial charge on any atom is 0.220 e. The molecule has 14 nitrogen and oxygen atoms in total. The van der Waals surface area contributed by atoms with E-state index < -0.39 is 86.8 Å². The summed E-state index contributed by atoms with van der Waals surface area (Å²) in [5.41, 5.74) is 0. The number of nitrogens with one attached hydrogen (secondary N) is 1. The second-order valence-corrected chi connectivity index (χ2v) is 15.1. The molecule has 0 aromatic rings. The third-order valence-corrected chi connectivity index (χ3v) is 10.5. The van der Waals surface area contributed by atoms with Gasteiger partial charge in [0.25, 0.3) is 0 Å².